The summed E-state index contributed by atoms with van der Waals surface area (Å²) in [5.74, 6) is -0.137. The summed E-state index contributed by atoms with van der Waals surface area (Å²) in [5, 5.41) is 11.1. The quantitative estimate of drug-likeness (QED) is 0.852. The maximum atomic E-state index is 12.4. The zero-order chi connectivity index (χ0) is 14.5. The van der Waals surface area contributed by atoms with Crippen molar-refractivity contribution in [2.24, 2.45) is 5.73 Å². The van der Waals surface area contributed by atoms with Crippen LogP contribution in [-0.2, 0) is 0 Å². The van der Waals surface area contributed by atoms with E-state index in [9.17, 15) is 4.79 Å². The highest BCUT2D eigenvalue weighted by Crippen LogP contribution is 2.15. The zero-order valence-electron chi connectivity index (χ0n) is 11.7. The van der Waals surface area contributed by atoms with E-state index in [2.05, 4.69) is 15.5 Å². The van der Waals surface area contributed by atoms with Crippen LogP contribution in [0.15, 0.2) is 30.6 Å². The molecule has 1 atom stereocenters. The standard InChI is InChI=1S/C14H19N5O/c1-10-3-4-13(19-16-7-8-17-19)12(9-10)14(20)18-11(2)5-6-15/h3-4,7-9,11H,5-6,15H2,1-2H3,(H,18,20)/t11-/m0/s1. The first-order chi connectivity index (χ1) is 9.61. The number of nitrogens with zero attached hydrogens (tertiary/aromatic N) is 3. The highest BCUT2D eigenvalue weighted by Gasteiger charge is 2.15. The molecule has 0 aliphatic rings. The molecule has 0 fully saturated rings. The molecule has 2 rings (SSSR count). The Morgan fingerprint density at radius 1 is 1.40 bits per heavy atom. The van der Waals surface area contributed by atoms with Crippen LogP contribution in [0.2, 0.25) is 0 Å². The Bertz CT molecular complexity index is 579. The fourth-order valence-corrected chi connectivity index (χ4v) is 1.97. The lowest BCUT2D eigenvalue weighted by Gasteiger charge is -2.15. The van der Waals surface area contributed by atoms with Gasteiger partial charge < -0.3 is 11.1 Å². The van der Waals surface area contributed by atoms with E-state index in [1.165, 1.54) is 4.80 Å². The van der Waals surface area contributed by atoms with Gasteiger partial charge in [-0.25, -0.2) is 0 Å². The predicted molar refractivity (Wildman–Crippen MR) is 76.7 cm³/mol. The lowest BCUT2D eigenvalue weighted by Crippen LogP contribution is -2.34. The SMILES string of the molecule is Cc1ccc(-n2nccn2)c(C(=O)N[C@@H](C)CCN)c1. The van der Waals surface area contributed by atoms with Crippen molar-refractivity contribution in [2.45, 2.75) is 26.3 Å². The van der Waals surface area contributed by atoms with Gasteiger partial charge in [-0.1, -0.05) is 11.6 Å². The molecular formula is C14H19N5O. The van der Waals surface area contributed by atoms with Crippen molar-refractivity contribution in [1.29, 1.82) is 0 Å². The molecule has 1 heterocycles. The van der Waals surface area contributed by atoms with Crippen LogP contribution in [0.25, 0.3) is 5.69 Å². The molecule has 0 saturated heterocycles. The van der Waals surface area contributed by atoms with Gasteiger partial charge in [-0.3, -0.25) is 4.79 Å². The van der Waals surface area contributed by atoms with Crippen LogP contribution in [0, 0.1) is 6.92 Å². The number of nitrogens with two attached hydrogens (primary N) is 1. The highest BCUT2D eigenvalue weighted by atomic mass is 16.1. The second kappa shape index (κ2) is 6.29. The first-order valence-corrected chi connectivity index (χ1v) is 6.60. The van der Waals surface area contributed by atoms with E-state index < -0.39 is 0 Å². The van der Waals surface area contributed by atoms with Gasteiger partial charge in [-0.15, -0.1) is 0 Å². The van der Waals surface area contributed by atoms with E-state index in [0.29, 0.717) is 17.8 Å². The van der Waals surface area contributed by atoms with E-state index in [4.69, 9.17) is 5.73 Å². The fourth-order valence-electron chi connectivity index (χ4n) is 1.97. The number of carbonyl (C=O) groups excluding carboxylic acids is 1. The van der Waals surface area contributed by atoms with Gasteiger partial charge in [0.2, 0.25) is 0 Å². The number of aromatic nitrogens is 3. The van der Waals surface area contributed by atoms with Crippen molar-refractivity contribution in [2.75, 3.05) is 6.54 Å². The second-order valence-electron chi connectivity index (χ2n) is 4.79. The van der Waals surface area contributed by atoms with Gasteiger partial charge in [0.1, 0.15) is 0 Å². The molecule has 6 nitrogen and oxygen atoms in total. The number of hydrogen-bond donors (Lipinski definition) is 2. The predicted octanol–water partition coefficient (Wildman–Crippen LogP) is 1.04. The highest BCUT2D eigenvalue weighted by molar-refractivity contribution is 5.98. The van der Waals surface area contributed by atoms with Crippen LogP contribution < -0.4 is 11.1 Å². The molecule has 1 aromatic carbocycles. The van der Waals surface area contributed by atoms with Crippen LogP contribution >= 0.6 is 0 Å². The molecule has 20 heavy (non-hydrogen) atoms. The monoisotopic (exact) mass is 273 g/mol. The third-order valence-corrected chi connectivity index (χ3v) is 3.01. The van der Waals surface area contributed by atoms with Gasteiger partial charge in [0, 0.05) is 6.04 Å². The molecule has 1 amide bonds. The van der Waals surface area contributed by atoms with Crippen molar-refractivity contribution in [3.05, 3.63) is 41.7 Å². The van der Waals surface area contributed by atoms with Crippen LogP contribution in [0.5, 0.6) is 0 Å². The first kappa shape index (κ1) is 14.2. The topological polar surface area (TPSA) is 85.8 Å². The van der Waals surface area contributed by atoms with Crippen LogP contribution in [0.1, 0.15) is 29.3 Å². The summed E-state index contributed by atoms with van der Waals surface area (Å²) in [5.41, 5.74) is 7.74. The average Bonchev–Trinajstić information content (AvgIpc) is 2.92. The molecule has 6 heteroatoms. The fraction of sp³-hybridized carbons (Fsp3) is 0.357. The van der Waals surface area contributed by atoms with Crippen molar-refractivity contribution in [3.8, 4) is 5.69 Å². The molecule has 2 aromatic rings. The summed E-state index contributed by atoms with van der Waals surface area (Å²) >= 11 is 0. The Kier molecular flexibility index (Phi) is 4.47. The Hall–Kier alpha value is -2.21. The van der Waals surface area contributed by atoms with Gasteiger partial charge in [0.25, 0.3) is 5.91 Å². The van der Waals surface area contributed by atoms with E-state index in [1.807, 2.05) is 32.0 Å². The van der Waals surface area contributed by atoms with E-state index in [-0.39, 0.29) is 11.9 Å². The molecule has 3 N–H and O–H groups in total. The maximum Gasteiger partial charge on any atom is 0.253 e. The van der Waals surface area contributed by atoms with E-state index in [0.717, 1.165) is 12.0 Å². The normalized spacial score (nSPS) is 12.2. The third kappa shape index (κ3) is 3.21. The first-order valence-electron chi connectivity index (χ1n) is 6.60. The number of amides is 1. The molecule has 0 aliphatic carbocycles. The number of hydrogen-bond acceptors (Lipinski definition) is 4. The van der Waals surface area contributed by atoms with Crippen LogP contribution in [0.3, 0.4) is 0 Å². The summed E-state index contributed by atoms with van der Waals surface area (Å²) < 4.78 is 0. The van der Waals surface area contributed by atoms with Crippen molar-refractivity contribution < 1.29 is 4.79 Å². The summed E-state index contributed by atoms with van der Waals surface area (Å²) in [4.78, 5) is 13.8. The molecule has 1 aromatic heterocycles. The van der Waals surface area contributed by atoms with Gasteiger partial charge in [-0.05, 0) is 38.9 Å². The molecule has 0 saturated carbocycles. The smallest absolute Gasteiger partial charge is 0.253 e. The number of aryl methyl sites for hydroxylation is 1. The number of nitrogens with one attached hydrogen (secondary N) is 1. The summed E-state index contributed by atoms with van der Waals surface area (Å²) in [6.07, 6.45) is 3.91. The van der Waals surface area contributed by atoms with E-state index in [1.54, 1.807) is 12.4 Å². The Balaban J connectivity index is 2.30. The minimum Gasteiger partial charge on any atom is -0.349 e. The molecule has 0 radical (unpaired) electrons. The summed E-state index contributed by atoms with van der Waals surface area (Å²) in [6.45, 7) is 4.43. The minimum absolute atomic E-state index is 0.0337. The lowest BCUT2D eigenvalue weighted by molar-refractivity contribution is 0.0938. The number of benzene rings is 1. The molecule has 0 bridgehead atoms. The van der Waals surface area contributed by atoms with Crippen molar-refractivity contribution in [1.82, 2.24) is 20.3 Å². The lowest BCUT2D eigenvalue weighted by atomic mass is 10.1. The number of carbonyl (C=O) groups is 1. The minimum atomic E-state index is -0.137. The Labute approximate surface area is 118 Å². The van der Waals surface area contributed by atoms with Crippen molar-refractivity contribution >= 4 is 5.91 Å². The zero-order valence-corrected chi connectivity index (χ0v) is 11.7. The molecular weight excluding hydrogens is 254 g/mol. The van der Waals surface area contributed by atoms with Crippen LogP contribution in [0.4, 0.5) is 0 Å². The van der Waals surface area contributed by atoms with Gasteiger partial charge in [0.15, 0.2) is 0 Å². The average molecular weight is 273 g/mol. The van der Waals surface area contributed by atoms with Gasteiger partial charge in [-0.2, -0.15) is 15.0 Å². The van der Waals surface area contributed by atoms with Gasteiger partial charge in [0.05, 0.1) is 23.6 Å². The molecule has 0 spiro atoms. The Morgan fingerprint density at radius 2 is 2.10 bits per heavy atom. The molecule has 0 unspecified atom stereocenters. The molecule has 106 valence electrons. The van der Waals surface area contributed by atoms with Crippen molar-refractivity contribution in [3.63, 3.8) is 0 Å². The summed E-state index contributed by atoms with van der Waals surface area (Å²) in [6, 6.07) is 5.64. The third-order valence-electron chi connectivity index (χ3n) is 3.01. The summed E-state index contributed by atoms with van der Waals surface area (Å²) in [7, 11) is 0. The molecule has 0 aliphatic heterocycles. The maximum absolute atomic E-state index is 12.4. The largest absolute Gasteiger partial charge is 0.349 e. The Morgan fingerprint density at radius 3 is 2.75 bits per heavy atom. The number of rotatable bonds is 5. The van der Waals surface area contributed by atoms with Gasteiger partial charge >= 0.3 is 0 Å². The second-order valence-corrected chi connectivity index (χ2v) is 4.79. The van der Waals surface area contributed by atoms with E-state index >= 15 is 0 Å². The van der Waals surface area contributed by atoms with Crippen LogP contribution in [-0.4, -0.2) is 33.5 Å².